The van der Waals surface area contributed by atoms with Gasteiger partial charge in [-0.2, -0.15) is 0 Å². The van der Waals surface area contributed by atoms with Crippen LogP contribution in [0, 0.1) is 5.82 Å². The molecule has 0 saturated carbocycles. The lowest BCUT2D eigenvalue weighted by molar-refractivity contribution is 0.0697. The number of anilines is 1. The molecular formula is C15H14FNO2. The smallest absolute Gasteiger partial charge is 0.335 e. The lowest BCUT2D eigenvalue weighted by Gasteiger charge is -2.16. The van der Waals surface area contributed by atoms with Crippen molar-refractivity contribution in [1.29, 1.82) is 0 Å². The molecule has 0 fully saturated rings. The molecule has 1 atom stereocenters. The third kappa shape index (κ3) is 3.10. The minimum absolute atomic E-state index is 0.197. The van der Waals surface area contributed by atoms with Gasteiger partial charge in [-0.05, 0) is 37.3 Å². The second kappa shape index (κ2) is 5.52. The molecule has 0 radical (unpaired) electrons. The molecule has 0 aliphatic heterocycles. The largest absolute Gasteiger partial charge is 0.478 e. The first-order valence-corrected chi connectivity index (χ1v) is 5.92. The van der Waals surface area contributed by atoms with Crippen LogP contribution in [-0.4, -0.2) is 11.1 Å². The molecule has 0 spiro atoms. The van der Waals surface area contributed by atoms with Gasteiger partial charge in [-0.25, -0.2) is 9.18 Å². The van der Waals surface area contributed by atoms with Crippen LogP contribution in [-0.2, 0) is 0 Å². The maximum absolute atomic E-state index is 13.6. The minimum Gasteiger partial charge on any atom is -0.478 e. The summed E-state index contributed by atoms with van der Waals surface area (Å²) in [6.07, 6.45) is 0. The Kier molecular flexibility index (Phi) is 3.80. The summed E-state index contributed by atoms with van der Waals surface area (Å²) in [6, 6.07) is 12.7. The molecule has 19 heavy (non-hydrogen) atoms. The van der Waals surface area contributed by atoms with Crippen molar-refractivity contribution in [2.45, 2.75) is 13.0 Å². The van der Waals surface area contributed by atoms with Crippen LogP contribution in [0.4, 0.5) is 10.1 Å². The molecule has 2 rings (SSSR count). The van der Waals surface area contributed by atoms with E-state index in [1.165, 1.54) is 18.2 Å². The molecule has 0 aliphatic carbocycles. The van der Waals surface area contributed by atoms with Crippen LogP contribution in [0.15, 0.2) is 48.5 Å². The number of aromatic carboxylic acids is 1. The highest BCUT2D eigenvalue weighted by Gasteiger charge is 2.10. The molecule has 0 aliphatic rings. The summed E-state index contributed by atoms with van der Waals surface area (Å²) in [5.41, 5.74) is 1.55. The number of hydrogen-bond acceptors (Lipinski definition) is 2. The minimum atomic E-state index is -0.964. The highest BCUT2D eigenvalue weighted by atomic mass is 19.1. The van der Waals surface area contributed by atoms with E-state index >= 15 is 0 Å². The van der Waals surface area contributed by atoms with Crippen molar-refractivity contribution in [3.8, 4) is 0 Å². The first-order chi connectivity index (χ1) is 9.08. The van der Waals surface area contributed by atoms with Gasteiger partial charge < -0.3 is 10.4 Å². The van der Waals surface area contributed by atoms with Gasteiger partial charge in [0.2, 0.25) is 0 Å². The van der Waals surface area contributed by atoms with Crippen molar-refractivity contribution in [1.82, 2.24) is 0 Å². The summed E-state index contributed by atoms with van der Waals surface area (Å²) in [6.45, 7) is 1.85. The Balaban J connectivity index is 2.13. The summed E-state index contributed by atoms with van der Waals surface area (Å²) in [7, 11) is 0. The summed E-state index contributed by atoms with van der Waals surface area (Å²) in [5.74, 6) is -1.22. The lowest BCUT2D eigenvalue weighted by atomic mass is 10.1. The van der Waals surface area contributed by atoms with Crippen LogP contribution in [0.5, 0.6) is 0 Å². The number of carbonyl (C=O) groups is 1. The fourth-order valence-corrected chi connectivity index (χ4v) is 1.86. The Morgan fingerprint density at radius 1 is 1.16 bits per heavy atom. The van der Waals surface area contributed by atoms with Crippen molar-refractivity contribution < 1.29 is 14.3 Å². The molecule has 3 nitrogen and oxygen atoms in total. The Hall–Kier alpha value is -2.36. The maximum atomic E-state index is 13.6. The summed E-state index contributed by atoms with van der Waals surface area (Å²) in [4.78, 5) is 10.7. The van der Waals surface area contributed by atoms with Gasteiger partial charge in [0.15, 0.2) is 0 Å². The maximum Gasteiger partial charge on any atom is 0.335 e. The van der Waals surface area contributed by atoms with E-state index in [0.29, 0.717) is 5.56 Å². The van der Waals surface area contributed by atoms with Gasteiger partial charge in [-0.15, -0.1) is 0 Å². The molecular weight excluding hydrogens is 245 g/mol. The number of benzene rings is 2. The van der Waals surface area contributed by atoms with Gasteiger partial charge >= 0.3 is 5.97 Å². The van der Waals surface area contributed by atoms with Crippen LogP contribution >= 0.6 is 0 Å². The van der Waals surface area contributed by atoms with E-state index in [1.807, 2.05) is 6.92 Å². The Labute approximate surface area is 110 Å². The van der Waals surface area contributed by atoms with Crippen LogP contribution in [0.25, 0.3) is 0 Å². The van der Waals surface area contributed by atoms with E-state index in [1.54, 1.807) is 30.3 Å². The van der Waals surface area contributed by atoms with Crippen molar-refractivity contribution >= 4 is 11.7 Å². The van der Waals surface area contributed by atoms with Gasteiger partial charge in [0, 0.05) is 11.3 Å². The molecule has 4 heteroatoms. The zero-order valence-electron chi connectivity index (χ0n) is 10.4. The molecule has 2 aromatic rings. The number of rotatable bonds is 4. The van der Waals surface area contributed by atoms with Gasteiger partial charge in [0.05, 0.1) is 11.6 Å². The average molecular weight is 259 g/mol. The monoisotopic (exact) mass is 259 g/mol. The van der Waals surface area contributed by atoms with E-state index in [0.717, 1.165) is 5.69 Å². The van der Waals surface area contributed by atoms with Crippen molar-refractivity contribution in [2.24, 2.45) is 0 Å². The highest BCUT2D eigenvalue weighted by molar-refractivity contribution is 5.88. The Bertz CT molecular complexity index is 581. The molecule has 0 amide bonds. The molecule has 0 heterocycles. The molecule has 2 aromatic carbocycles. The molecule has 0 saturated heterocycles. The third-order valence-corrected chi connectivity index (χ3v) is 2.89. The van der Waals surface area contributed by atoms with Crippen LogP contribution in [0.2, 0.25) is 0 Å². The SMILES string of the molecule is CC(Nc1ccc(C(=O)O)cc1)c1ccccc1F. The van der Waals surface area contributed by atoms with Gasteiger partial charge in [0.1, 0.15) is 5.82 Å². The van der Waals surface area contributed by atoms with Gasteiger partial charge in [0.25, 0.3) is 0 Å². The average Bonchev–Trinajstić information content (AvgIpc) is 2.39. The third-order valence-electron chi connectivity index (χ3n) is 2.89. The summed E-state index contributed by atoms with van der Waals surface area (Å²) >= 11 is 0. The quantitative estimate of drug-likeness (QED) is 0.880. The molecule has 0 bridgehead atoms. The van der Waals surface area contributed by atoms with E-state index in [2.05, 4.69) is 5.32 Å². The number of hydrogen-bond donors (Lipinski definition) is 2. The van der Waals surface area contributed by atoms with E-state index in [-0.39, 0.29) is 17.4 Å². The standard InChI is InChI=1S/C15H14FNO2/c1-10(13-4-2-3-5-14(13)16)17-12-8-6-11(7-9-12)15(18)19/h2-10,17H,1H3,(H,18,19). The molecule has 1 unspecified atom stereocenters. The van der Waals surface area contributed by atoms with E-state index < -0.39 is 5.97 Å². The van der Waals surface area contributed by atoms with E-state index in [4.69, 9.17) is 5.11 Å². The predicted molar refractivity (Wildman–Crippen MR) is 71.8 cm³/mol. The Morgan fingerprint density at radius 2 is 1.79 bits per heavy atom. The van der Waals surface area contributed by atoms with E-state index in [9.17, 15) is 9.18 Å². The number of nitrogens with one attached hydrogen (secondary N) is 1. The zero-order valence-corrected chi connectivity index (χ0v) is 10.4. The fraction of sp³-hybridized carbons (Fsp3) is 0.133. The van der Waals surface area contributed by atoms with Crippen molar-refractivity contribution in [2.75, 3.05) is 5.32 Å². The summed E-state index contributed by atoms with van der Waals surface area (Å²) in [5, 5.41) is 11.9. The van der Waals surface area contributed by atoms with Gasteiger partial charge in [-0.3, -0.25) is 0 Å². The zero-order chi connectivity index (χ0) is 13.8. The normalized spacial score (nSPS) is 11.9. The predicted octanol–water partition coefficient (Wildman–Crippen LogP) is 3.70. The highest BCUT2D eigenvalue weighted by Crippen LogP contribution is 2.21. The van der Waals surface area contributed by atoms with Crippen molar-refractivity contribution in [3.63, 3.8) is 0 Å². The molecule has 0 aromatic heterocycles. The van der Waals surface area contributed by atoms with Crippen LogP contribution in [0.3, 0.4) is 0 Å². The van der Waals surface area contributed by atoms with Gasteiger partial charge in [-0.1, -0.05) is 18.2 Å². The number of carboxylic acids is 1. The number of halogens is 1. The number of carboxylic acid groups (broad SMARTS) is 1. The van der Waals surface area contributed by atoms with Crippen LogP contribution < -0.4 is 5.32 Å². The van der Waals surface area contributed by atoms with Crippen molar-refractivity contribution in [3.05, 3.63) is 65.5 Å². The first-order valence-electron chi connectivity index (χ1n) is 5.92. The fourth-order valence-electron chi connectivity index (χ4n) is 1.86. The topological polar surface area (TPSA) is 49.3 Å². The first kappa shape index (κ1) is 13.1. The second-order valence-corrected chi connectivity index (χ2v) is 4.27. The molecule has 2 N–H and O–H groups in total. The molecule has 98 valence electrons. The Morgan fingerprint density at radius 3 is 2.37 bits per heavy atom. The second-order valence-electron chi connectivity index (χ2n) is 4.27. The summed E-state index contributed by atoms with van der Waals surface area (Å²) < 4.78 is 13.6. The van der Waals surface area contributed by atoms with Crippen LogP contribution in [0.1, 0.15) is 28.9 Å². The lowest BCUT2D eigenvalue weighted by Crippen LogP contribution is -2.08.